The van der Waals surface area contributed by atoms with Crippen molar-refractivity contribution in [2.45, 2.75) is 18.7 Å². The second-order valence-electron chi connectivity index (χ2n) is 6.41. The summed E-state index contributed by atoms with van der Waals surface area (Å²) in [6, 6.07) is 14.9. The molecule has 0 atom stereocenters. The van der Waals surface area contributed by atoms with Crippen molar-refractivity contribution < 1.29 is 27.2 Å². The number of aryl methyl sites for hydroxylation is 1. The van der Waals surface area contributed by atoms with Crippen LogP contribution in [0.3, 0.4) is 0 Å². The molecule has 3 aromatic rings. The number of furan rings is 1. The largest absolute Gasteiger partial charge is 0.494 e. The highest BCUT2D eigenvalue weighted by molar-refractivity contribution is 7.92. The number of carbonyl (C=O) groups is 2. The molecule has 0 saturated carbocycles. The highest BCUT2D eigenvalue weighted by Gasteiger charge is 2.15. The number of benzene rings is 2. The number of amides is 2. The van der Waals surface area contributed by atoms with Crippen molar-refractivity contribution in [1.82, 2.24) is 10.9 Å². The number of hydrogen-bond acceptors (Lipinski definition) is 6. The number of hydrogen-bond donors (Lipinski definition) is 3. The Bertz CT molecular complexity index is 1170. The monoisotopic (exact) mass is 443 g/mol. The van der Waals surface area contributed by atoms with Gasteiger partial charge in [0.15, 0.2) is 5.76 Å². The SMILES string of the molecule is CCOc1ccc(S(=O)(=O)Nc2ccc(C(=O)NNC(=O)c3ccc(C)o3)cc2)cc1. The van der Waals surface area contributed by atoms with Crippen LogP contribution in [0, 0.1) is 6.92 Å². The van der Waals surface area contributed by atoms with Gasteiger partial charge in [0.05, 0.1) is 11.5 Å². The van der Waals surface area contributed by atoms with E-state index in [0.29, 0.717) is 18.1 Å². The molecule has 0 bridgehead atoms. The van der Waals surface area contributed by atoms with Crippen LogP contribution in [0.15, 0.2) is 70.0 Å². The maximum absolute atomic E-state index is 12.5. The molecule has 1 heterocycles. The Kier molecular flexibility index (Phi) is 6.61. The topological polar surface area (TPSA) is 127 Å². The van der Waals surface area contributed by atoms with E-state index in [0.717, 1.165) is 0 Å². The zero-order valence-electron chi connectivity index (χ0n) is 16.8. The summed E-state index contributed by atoms with van der Waals surface area (Å²) in [5, 5.41) is 0. The Labute approximate surface area is 179 Å². The fourth-order valence-electron chi connectivity index (χ4n) is 2.59. The molecule has 3 N–H and O–H groups in total. The molecule has 2 amide bonds. The van der Waals surface area contributed by atoms with E-state index in [-0.39, 0.29) is 21.9 Å². The standard InChI is InChI=1S/C21H21N3O6S/c1-3-29-17-9-11-18(12-10-17)31(27,28)24-16-7-5-15(6-8-16)20(25)22-23-21(26)19-13-4-14(2)30-19/h4-13,24H,3H2,1-2H3,(H,22,25)(H,23,26). The summed E-state index contributed by atoms with van der Waals surface area (Å²) < 4.78 is 37.9. The zero-order chi connectivity index (χ0) is 22.4. The van der Waals surface area contributed by atoms with Gasteiger partial charge in [0, 0.05) is 11.3 Å². The average molecular weight is 443 g/mol. The summed E-state index contributed by atoms with van der Waals surface area (Å²) in [5.74, 6) is 0.0430. The molecule has 0 spiro atoms. The molecular weight excluding hydrogens is 422 g/mol. The predicted molar refractivity (Wildman–Crippen MR) is 113 cm³/mol. The molecule has 9 nitrogen and oxygen atoms in total. The van der Waals surface area contributed by atoms with Gasteiger partial charge in [0.25, 0.3) is 15.9 Å². The third-order valence-electron chi connectivity index (χ3n) is 4.10. The maximum atomic E-state index is 12.5. The Morgan fingerprint density at radius 1 is 0.903 bits per heavy atom. The zero-order valence-corrected chi connectivity index (χ0v) is 17.7. The quantitative estimate of drug-likeness (QED) is 0.482. The fourth-order valence-corrected chi connectivity index (χ4v) is 3.65. The van der Waals surface area contributed by atoms with E-state index in [4.69, 9.17) is 9.15 Å². The first kappa shape index (κ1) is 21.9. The van der Waals surface area contributed by atoms with E-state index >= 15 is 0 Å². The van der Waals surface area contributed by atoms with Crippen LogP contribution >= 0.6 is 0 Å². The number of anilines is 1. The van der Waals surface area contributed by atoms with Gasteiger partial charge < -0.3 is 9.15 Å². The molecule has 3 rings (SSSR count). The molecule has 10 heteroatoms. The van der Waals surface area contributed by atoms with Crippen molar-refractivity contribution in [3.63, 3.8) is 0 Å². The van der Waals surface area contributed by atoms with Crippen molar-refractivity contribution in [3.05, 3.63) is 77.7 Å². The third-order valence-corrected chi connectivity index (χ3v) is 5.50. The third kappa shape index (κ3) is 5.64. The summed E-state index contributed by atoms with van der Waals surface area (Å²) >= 11 is 0. The molecule has 162 valence electrons. The highest BCUT2D eigenvalue weighted by atomic mass is 32.2. The minimum atomic E-state index is -3.80. The van der Waals surface area contributed by atoms with Gasteiger partial charge in [-0.25, -0.2) is 8.42 Å². The van der Waals surface area contributed by atoms with E-state index < -0.39 is 21.8 Å². The van der Waals surface area contributed by atoms with Crippen LogP contribution in [-0.4, -0.2) is 26.8 Å². The summed E-state index contributed by atoms with van der Waals surface area (Å²) in [7, 11) is -3.80. The van der Waals surface area contributed by atoms with Crippen LogP contribution in [-0.2, 0) is 10.0 Å². The lowest BCUT2D eigenvalue weighted by Crippen LogP contribution is -2.41. The first-order chi connectivity index (χ1) is 14.8. The fraction of sp³-hybridized carbons (Fsp3) is 0.143. The van der Waals surface area contributed by atoms with Crippen LogP contribution in [0.1, 0.15) is 33.6 Å². The number of rotatable bonds is 7. The Morgan fingerprint density at radius 2 is 1.55 bits per heavy atom. The molecule has 0 saturated heterocycles. The van der Waals surface area contributed by atoms with Crippen molar-refractivity contribution in [3.8, 4) is 5.75 Å². The average Bonchev–Trinajstić information content (AvgIpc) is 3.19. The lowest BCUT2D eigenvalue weighted by Gasteiger charge is -2.10. The number of ether oxygens (including phenoxy) is 1. The van der Waals surface area contributed by atoms with E-state index in [1.165, 1.54) is 42.5 Å². The van der Waals surface area contributed by atoms with Crippen LogP contribution in [0.25, 0.3) is 0 Å². The van der Waals surface area contributed by atoms with Crippen LogP contribution in [0.5, 0.6) is 5.75 Å². The summed E-state index contributed by atoms with van der Waals surface area (Å²) in [6.07, 6.45) is 0. The van der Waals surface area contributed by atoms with Crippen molar-refractivity contribution >= 4 is 27.5 Å². The number of hydrazine groups is 1. The van der Waals surface area contributed by atoms with Crippen LogP contribution < -0.4 is 20.3 Å². The molecule has 0 aliphatic heterocycles. The first-order valence-corrected chi connectivity index (χ1v) is 10.8. The molecule has 0 aliphatic carbocycles. The van der Waals surface area contributed by atoms with Gasteiger partial charge in [-0.1, -0.05) is 0 Å². The van der Waals surface area contributed by atoms with Crippen molar-refractivity contribution in [1.29, 1.82) is 0 Å². The lowest BCUT2D eigenvalue weighted by molar-refractivity contribution is 0.0830. The minimum Gasteiger partial charge on any atom is -0.494 e. The van der Waals surface area contributed by atoms with Gasteiger partial charge in [-0.15, -0.1) is 0 Å². The Morgan fingerprint density at radius 3 is 2.13 bits per heavy atom. The highest BCUT2D eigenvalue weighted by Crippen LogP contribution is 2.19. The number of nitrogens with one attached hydrogen (secondary N) is 3. The number of sulfonamides is 1. The predicted octanol–water partition coefficient (Wildman–Crippen LogP) is 2.86. The summed E-state index contributed by atoms with van der Waals surface area (Å²) in [5.41, 5.74) is 5.01. The van der Waals surface area contributed by atoms with Crippen LogP contribution in [0.2, 0.25) is 0 Å². The number of carbonyl (C=O) groups excluding carboxylic acids is 2. The first-order valence-electron chi connectivity index (χ1n) is 9.31. The molecule has 31 heavy (non-hydrogen) atoms. The van der Waals surface area contributed by atoms with E-state index in [2.05, 4.69) is 15.6 Å². The van der Waals surface area contributed by atoms with E-state index in [1.54, 1.807) is 25.1 Å². The molecular formula is C21H21N3O6S. The minimum absolute atomic E-state index is 0.0665. The van der Waals surface area contributed by atoms with E-state index in [1.807, 2.05) is 6.92 Å². The van der Waals surface area contributed by atoms with E-state index in [9.17, 15) is 18.0 Å². The van der Waals surface area contributed by atoms with Gasteiger partial charge in [-0.05, 0) is 74.5 Å². The smallest absolute Gasteiger partial charge is 0.305 e. The van der Waals surface area contributed by atoms with Gasteiger partial charge in [-0.2, -0.15) is 0 Å². The van der Waals surface area contributed by atoms with Gasteiger partial charge in [-0.3, -0.25) is 25.2 Å². The van der Waals surface area contributed by atoms with Gasteiger partial charge in [0.2, 0.25) is 0 Å². The second-order valence-corrected chi connectivity index (χ2v) is 8.09. The van der Waals surface area contributed by atoms with Crippen molar-refractivity contribution in [2.24, 2.45) is 0 Å². The normalized spacial score (nSPS) is 10.9. The van der Waals surface area contributed by atoms with Gasteiger partial charge in [0.1, 0.15) is 11.5 Å². The lowest BCUT2D eigenvalue weighted by atomic mass is 10.2. The summed E-state index contributed by atoms with van der Waals surface area (Å²) in [6.45, 7) is 4.02. The molecule has 1 aromatic heterocycles. The molecule has 0 unspecified atom stereocenters. The molecule has 0 aliphatic rings. The Balaban J connectivity index is 1.60. The summed E-state index contributed by atoms with van der Waals surface area (Å²) in [4.78, 5) is 24.2. The van der Waals surface area contributed by atoms with Crippen molar-refractivity contribution in [2.75, 3.05) is 11.3 Å². The molecule has 0 fully saturated rings. The Hall–Kier alpha value is -3.79. The molecule has 2 aromatic carbocycles. The second kappa shape index (κ2) is 9.35. The maximum Gasteiger partial charge on any atom is 0.305 e. The van der Waals surface area contributed by atoms with Gasteiger partial charge >= 0.3 is 5.91 Å². The molecule has 0 radical (unpaired) electrons. The van der Waals surface area contributed by atoms with Crippen LogP contribution in [0.4, 0.5) is 5.69 Å².